The fraction of sp³-hybridized carbons (Fsp3) is 0.529. The molecule has 2 heterocycles. The van der Waals surface area contributed by atoms with Crippen LogP contribution in [0.15, 0.2) is 24.3 Å². The monoisotopic (exact) mass is 389 g/mol. The van der Waals surface area contributed by atoms with Gasteiger partial charge in [-0.2, -0.15) is 0 Å². The minimum absolute atomic E-state index is 0. The summed E-state index contributed by atoms with van der Waals surface area (Å²) in [7, 11) is 0. The smallest absolute Gasteiger partial charge is 0.222 e. The number of aryl methyl sites for hydroxylation is 1. The van der Waals surface area contributed by atoms with Gasteiger partial charge in [0.1, 0.15) is 0 Å². The number of nitrogens with one attached hydrogen (secondary N) is 1. The van der Waals surface area contributed by atoms with Gasteiger partial charge in [0, 0.05) is 32.1 Å². The minimum Gasteiger partial charge on any atom is -0.337 e. The predicted molar refractivity (Wildman–Crippen MR) is 106 cm³/mol. The highest BCUT2D eigenvalue weighted by molar-refractivity contribution is 7.18. The molecule has 0 radical (unpaired) electrons. The Morgan fingerprint density at radius 1 is 1.33 bits per heavy atom. The van der Waals surface area contributed by atoms with Gasteiger partial charge in [0.2, 0.25) is 5.91 Å². The summed E-state index contributed by atoms with van der Waals surface area (Å²) in [6, 6.07) is 8.58. The molecule has 3 rings (SSSR count). The molecule has 1 aliphatic rings. The van der Waals surface area contributed by atoms with Crippen LogP contribution in [0, 0.1) is 0 Å². The molecule has 134 valence electrons. The van der Waals surface area contributed by atoms with Crippen LogP contribution in [0.5, 0.6) is 0 Å². The fourth-order valence-electron chi connectivity index (χ4n) is 2.93. The van der Waals surface area contributed by atoms with Gasteiger partial charge in [0.25, 0.3) is 0 Å². The van der Waals surface area contributed by atoms with Crippen LogP contribution in [0.3, 0.4) is 0 Å². The molecule has 0 spiro atoms. The Kier molecular flexibility index (Phi) is 8.98. The lowest BCUT2D eigenvalue weighted by Gasteiger charge is -2.34. The third kappa shape index (κ3) is 5.31. The number of halogens is 2. The van der Waals surface area contributed by atoms with Crippen LogP contribution in [-0.4, -0.2) is 41.5 Å². The number of para-hydroxylation sites is 1. The number of carbonyl (C=O) groups excluding carboxylic acids is 1. The quantitative estimate of drug-likeness (QED) is 0.793. The number of amides is 1. The van der Waals surface area contributed by atoms with Crippen molar-refractivity contribution >= 4 is 52.3 Å². The molecule has 2 aromatic rings. The van der Waals surface area contributed by atoms with Gasteiger partial charge in [-0.25, -0.2) is 4.98 Å². The molecule has 1 atom stereocenters. The number of hydrogen-bond donors (Lipinski definition) is 1. The zero-order valence-electron chi connectivity index (χ0n) is 13.9. The molecule has 1 N–H and O–H groups in total. The van der Waals surface area contributed by atoms with Gasteiger partial charge in [-0.3, -0.25) is 4.79 Å². The van der Waals surface area contributed by atoms with E-state index in [4.69, 9.17) is 0 Å². The van der Waals surface area contributed by atoms with Crippen molar-refractivity contribution in [1.82, 2.24) is 15.2 Å². The highest BCUT2D eigenvalue weighted by Gasteiger charge is 2.22. The second-order valence-electron chi connectivity index (χ2n) is 5.92. The van der Waals surface area contributed by atoms with E-state index >= 15 is 0 Å². The molecule has 1 aliphatic heterocycles. The largest absolute Gasteiger partial charge is 0.337 e. The van der Waals surface area contributed by atoms with Crippen molar-refractivity contribution in [3.05, 3.63) is 29.3 Å². The van der Waals surface area contributed by atoms with Gasteiger partial charge in [-0.05, 0) is 38.3 Å². The number of benzene rings is 1. The van der Waals surface area contributed by atoms with E-state index < -0.39 is 0 Å². The summed E-state index contributed by atoms with van der Waals surface area (Å²) in [6.07, 6.45) is 3.62. The van der Waals surface area contributed by atoms with E-state index in [1.54, 1.807) is 11.3 Å². The molecule has 1 amide bonds. The maximum Gasteiger partial charge on any atom is 0.222 e. The van der Waals surface area contributed by atoms with Crippen molar-refractivity contribution in [2.45, 2.75) is 38.6 Å². The Morgan fingerprint density at radius 2 is 2.12 bits per heavy atom. The van der Waals surface area contributed by atoms with Gasteiger partial charge in [0.05, 0.1) is 15.2 Å². The van der Waals surface area contributed by atoms with Crippen molar-refractivity contribution in [3.63, 3.8) is 0 Å². The highest BCUT2D eigenvalue weighted by atomic mass is 35.5. The van der Waals surface area contributed by atoms with Crippen molar-refractivity contribution in [2.24, 2.45) is 0 Å². The molecule has 1 saturated heterocycles. The Bertz CT molecular complexity index is 617. The van der Waals surface area contributed by atoms with E-state index in [1.165, 1.54) is 9.71 Å². The lowest BCUT2D eigenvalue weighted by molar-refractivity contribution is -0.134. The van der Waals surface area contributed by atoms with E-state index in [0.717, 1.165) is 44.4 Å². The third-order valence-electron chi connectivity index (χ3n) is 4.19. The topological polar surface area (TPSA) is 45.2 Å². The first-order valence-electron chi connectivity index (χ1n) is 8.08. The number of aromatic nitrogens is 1. The van der Waals surface area contributed by atoms with Crippen molar-refractivity contribution < 1.29 is 4.79 Å². The van der Waals surface area contributed by atoms with Gasteiger partial charge in [-0.15, -0.1) is 36.2 Å². The average molecular weight is 390 g/mol. The maximum atomic E-state index is 12.2. The van der Waals surface area contributed by atoms with E-state index in [2.05, 4.69) is 35.4 Å². The Morgan fingerprint density at radius 3 is 2.88 bits per heavy atom. The van der Waals surface area contributed by atoms with Crippen LogP contribution < -0.4 is 5.32 Å². The van der Waals surface area contributed by atoms with Gasteiger partial charge < -0.3 is 10.2 Å². The first kappa shape index (κ1) is 21.2. The van der Waals surface area contributed by atoms with Gasteiger partial charge in [0.15, 0.2) is 0 Å². The predicted octanol–water partition coefficient (Wildman–Crippen LogP) is 3.67. The summed E-state index contributed by atoms with van der Waals surface area (Å²) in [5.74, 6) is 0.304. The van der Waals surface area contributed by atoms with Gasteiger partial charge in [-0.1, -0.05) is 12.1 Å². The van der Waals surface area contributed by atoms with Crippen LogP contribution >= 0.6 is 36.2 Å². The van der Waals surface area contributed by atoms with Crippen LogP contribution in [-0.2, 0) is 11.2 Å². The van der Waals surface area contributed by atoms with E-state index in [0.29, 0.717) is 18.4 Å². The molecule has 24 heavy (non-hydrogen) atoms. The van der Waals surface area contributed by atoms with Gasteiger partial charge >= 0.3 is 0 Å². The number of carbonyl (C=O) groups is 1. The normalized spacial score (nSPS) is 17.2. The summed E-state index contributed by atoms with van der Waals surface area (Å²) >= 11 is 1.77. The zero-order valence-corrected chi connectivity index (χ0v) is 16.3. The van der Waals surface area contributed by atoms with Crippen molar-refractivity contribution in [3.8, 4) is 0 Å². The molecule has 1 unspecified atom stereocenters. The number of thiazole rings is 1. The maximum absolute atomic E-state index is 12.2. The summed E-state index contributed by atoms with van der Waals surface area (Å²) in [6.45, 7) is 4.79. The first-order chi connectivity index (χ1) is 10.7. The van der Waals surface area contributed by atoms with Crippen molar-refractivity contribution in [1.29, 1.82) is 0 Å². The molecular formula is C17H25Cl2N3OS. The van der Waals surface area contributed by atoms with Crippen LogP contribution in [0.4, 0.5) is 0 Å². The van der Waals surface area contributed by atoms with E-state index in [9.17, 15) is 4.79 Å². The standard InChI is InChI=1S/C17H23N3OS.2ClH/c1-13-12-18-10-11-20(13)17(21)9-5-4-8-16-19-14-6-2-3-7-15(14)22-16;;/h2-3,6-7,13,18H,4-5,8-12H2,1H3;2*1H. The Hall–Kier alpha value is -0.880. The summed E-state index contributed by atoms with van der Waals surface area (Å²) < 4.78 is 1.25. The Labute approximate surface area is 159 Å². The Balaban J connectivity index is 0.00000144. The van der Waals surface area contributed by atoms with Crippen LogP contribution in [0.25, 0.3) is 10.2 Å². The number of unbranched alkanes of at least 4 members (excludes halogenated alkanes) is 1. The molecule has 7 heteroatoms. The molecule has 1 aromatic heterocycles. The lowest BCUT2D eigenvalue weighted by atomic mass is 10.1. The second-order valence-corrected chi connectivity index (χ2v) is 7.04. The molecule has 1 fully saturated rings. The first-order valence-corrected chi connectivity index (χ1v) is 8.90. The molecular weight excluding hydrogens is 365 g/mol. The van der Waals surface area contributed by atoms with Crippen LogP contribution in [0.1, 0.15) is 31.2 Å². The minimum atomic E-state index is 0. The number of piperazine rings is 1. The zero-order chi connectivity index (χ0) is 15.4. The summed E-state index contributed by atoms with van der Waals surface area (Å²) in [5.41, 5.74) is 1.09. The molecule has 0 aliphatic carbocycles. The summed E-state index contributed by atoms with van der Waals surface area (Å²) in [5, 5.41) is 4.50. The molecule has 1 aromatic carbocycles. The second kappa shape index (κ2) is 10.2. The number of hydrogen-bond acceptors (Lipinski definition) is 4. The number of rotatable bonds is 5. The van der Waals surface area contributed by atoms with Crippen molar-refractivity contribution in [2.75, 3.05) is 19.6 Å². The third-order valence-corrected chi connectivity index (χ3v) is 5.29. The molecule has 0 bridgehead atoms. The SMILES string of the molecule is CC1CNCCN1C(=O)CCCCc1nc2ccccc2s1.Cl.Cl. The van der Waals surface area contributed by atoms with Crippen LogP contribution in [0.2, 0.25) is 0 Å². The lowest BCUT2D eigenvalue weighted by Crippen LogP contribution is -2.52. The average Bonchev–Trinajstić information content (AvgIpc) is 2.94. The molecule has 4 nitrogen and oxygen atoms in total. The number of fused-ring (bicyclic) bond motifs is 1. The molecule has 0 saturated carbocycles. The fourth-order valence-corrected chi connectivity index (χ4v) is 3.94. The van der Waals surface area contributed by atoms with E-state index in [-0.39, 0.29) is 24.8 Å². The van der Waals surface area contributed by atoms with E-state index in [1.807, 2.05) is 11.0 Å². The number of nitrogens with zero attached hydrogens (tertiary/aromatic N) is 2. The highest BCUT2D eigenvalue weighted by Crippen LogP contribution is 2.23. The summed E-state index contributed by atoms with van der Waals surface area (Å²) in [4.78, 5) is 18.9.